The van der Waals surface area contributed by atoms with Crippen LogP contribution in [0.25, 0.3) is 0 Å². The molecule has 0 bridgehead atoms. The summed E-state index contributed by atoms with van der Waals surface area (Å²) in [5.74, 6) is -1.86. The normalized spacial score (nSPS) is 17.2. The first-order chi connectivity index (χ1) is 9.97. The van der Waals surface area contributed by atoms with E-state index in [9.17, 15) is 14.0 Å². The highest BCUT2D eigenvalue weighted by atomic mass is 35.5. The average molecular weight is 309 g/mol. The van der Waals surface area contributed by atoms with Crippen LogP contribution in [0.5, 0.6) is 0 Å². The molecule has 1 atom stereocenters. The molecule has 1 aliphatic rings. The summed E-state index contributed by atoms with van der Waals surface area (Å²) < 4.78 is 14.1. The van der Waals surface area contributed by atoms with E-state index in [0.717, 1.165) is 0 Å². The summed E-state index contributed by atoms with van der Waals surface area (Å²) in [6, 6.07) is 4.19. The van der Waals surface area contributed by atoms with Gasteiger partial charge in [0.05, 0.1) is 5.56 Å². The fraction of sp³-hybridized carbons (Fsp3) is 0.154. The maximum Gasteiger partial charge on any atom is 0.258 e. The number of nitrogens with one attached hydrogen (secondary N) is 2. The van der Waals surface area contributed by atoms with Crippen molar-refractivity contribution in [3.05, 3.63) is 50.5 Å². The number of carbonyl (C=O) groups excluding carboxylic acids is 1. The number of carbonyl (C=O) groups is 1. The van der Waals surface area contributed by atoms with Crippen molar-refractivity contribution in [2.24, 2.45) is 0 Å². The van der Waals surface area contributed by atoms with Gasteiger partial charge in [-0.15, -0.1) is 0 Å². The minimum absolute atomic E-state index is 0.0387. The Morgan fingerprint density at radius 2 is 2.10 bits per heavy atom. The van der Waals surface area contributed by atoms with Crippen LogP contribution >= 0.6 is 11.6 Å². The summed E-state index contributed by atoms with van der Waals surface area (Å²) in [6.07, 6.45) is -0.0949. The molecule has 8 heteroatoms. The zero-order valence-electron chi connectivity index (χ0n) is 10.6. The number of H-pyrrole nitrogens is 1. The highest BCUT2D eigenvalue weighted by Crippen LogP contribution is 2.38. The van der Waals surface area contributed by atoms with Crippen LogP contribution in [0.1, 0.15) is 23.5 Å². The molecule has 6 nitrogen and oxygen atoms in total. The molecule has 0 fully saturated rings. The first kappa shape index (κ1) is 13.6. The van der Waals surface area contributed by atoms with Gasteiger partial charge in [0.2, 0.25) is 11.9 Å². The molecule has 2 heterocycles. The van der Waals surface area contributed by atoms with Crippen LogP contribution in [0.3, 0.4) is 0 Å². The Morgan fingerprint density at radius 1 is 1.33 bits per heavy atom. The molecule has 2 aromatic rings. The quantitative estimate of drug-likeness (QED) is 0.745. The number of nitrogens with zero attached hydrogens (tertiary/aromatic N) is 1. The Kier molecular flexibility index (Phi) is 3.13. The summed E-state index contributed by atoms with van der Waals surface area (Å²) in [5.41, 5.74) is 5.18. The monoisotopic (exact) mass is 308 g/mol. The lowest BCUT2D eigenvalue weighted by Gasteiger charge is -2.25. The molecule has 4 N–H and O–H groups in total. The summed E-state index contributed by atoms with van der Waals surface area (Å²) in [4.78, 5) is 30.1. The van der Waals surface area contributed by atoms with Crippen molar-refractivity contribution in [1.29, 1.82) is 0 Å². The van der Waals surface area contributed by atoms with Gasteiger partial charge in [-0.1, -0.05) is 17.7 Å². The van der Waals surface area contributed by atoms with E-state index in [1.54, 1.807) is 0 Å². The van der Waals surface area contributed by atoms with Gasteiger partial charge in [-0.3, -0.25) is 14.6 Å². The molecule has 1 aromatic carbocycles. The van der Waals surface area contributed by atoms with Gasteiger partial charge in [0.25, 0.3) is 5.56 Å². The fourth-order valence-electron chi connectivity index (χ4n) is 2.48. The second-order valence-corrected chi connectivity index (χ2v) is 5.06. The van der Waals surface area contributed by atoms with Crippen LogP contribution in [0, 0.1) is 5.82 Å². The fourth-order valence-corrected chi connectivity index (χ4v) is 2.77. The Labute approximate surface area is 123 Å². The van der Waals surface area contributed by atoms with Crippen LogP contribution in [0.4, 0.5) is 16.2 Å². The highest BCUT2D eigenvalue weighted by Gasteiger charge is 2.33. The molecule has 1 amide bonds. The minimum atomic E-state index is -0.806. The number of anilines is 2. The third-order valence-corrected chi connectivity index (χ3v) is 3.65. The van der Waals surface area contributed by atoms with Gasteiger partial charge < -0.3 is 11.1 Å². The molecule has 108 valence electrons. The van der Waals surface area contributed by atoms with Crippen molar-refractivity contribution >= 4 is 29.3 Å². The van der Waals surface area contributed by atoms with Crippen molar-refractivity contribution in [2.75, 3.05) is 11.1 Å². The number of aromatic amines is 1. The maximum atomic E-state index is 14.1. The van der Waals surface area contributed by atoms with Gasteiger partial charge >= 0.3 is 0 Å². The SMILES string of the molecule is Nc1nc2c(c(=O)[nH]1)[C@H](c1c(F)cccc1Cl)CC(=O)N2. The van der Waals surface area contributed by atoms with E-state index >= 15 is 0 Å². The van der Waals surface area contributed by atoms with Crippen molar-refractivity contribution in [2.45, 2.75) is 12.3 Å². The van der Waals surface area contributed by atoms with E-state index in [2.05, 4.69) is 15.3 Å². The number of rotatable bonds is 1. The number of benzene rings is 1. The maximum absolute atomic E-state index is 14.1. The second-order valence-electron chi connectivity index (χ2n) is 4.65. The molecule has 0 unspecified atom stereocenters. The predicted octanol–water partition coefficient (Wildman–Crippen LogP) is 1.62. The summed E-state index contributed by atoms with van der Waals surface area (Å²) in [7, 11) is 0. The van der Waals surface area contributed by atoms with Crippen LogP contribution < -0.4 is 16.6 Å². The Balaban J connectivity index is 2.27. The average Bonchev–Trinajstić information content (AvgIpc) is 2.36. The predicted molar refractivity (Wildman–Crippen MR) is 75.8 cm³/mol. The van der Waals surface area contributed by atoms with Gasteiger partial charge in [0.15, 0.2) is 0 Å². The van der Waals surface area contributed by atoms with E-state index in [1.165, 1.54) is 18.2 Å². The standard InChI is InChI=1S/C13H10ClFN4O2/c14-6-2-1-3-7(15)9(6)5-4-8(20)17-11-10(5)12(21)19-13(16)18-11/h1-3,5H,4H2,(H4,16,17,18,19,20,21)/t5-/m0/s1. The van der Waals surface area contributed by atoms with Gasteiger partial charge in [0.1, 0.15) is 11.6 Å². The number of hydrogen-bond donors (Lipinski definition) is 3. The molecule has 0 radical (unpaired) electrons. The molecule has 1 aliphatic heterocycles. The minimum Gasteiger partial charge on any atom is -0.369 e. The van der Waals surface area contributed by atoms with E-state index in [4.69, 9.17) is 17.3 Å². The second kappa shape index (κ2) is 4.85. The van der Waals surface area contributed by atoms with Crippen LogP contribution in [0.2, 0.25) is 5.02 Å². The molecule has 3 rings (SSSR count). The number of hydrogen-bond acceptors (Lipinski definition) is 4. The first-order valence-electron chi connectivity index (χ1n) is 6.11. The van der Waals surface area contributed by atoms with Crippen molar-refractivity contribution < 1.29 is 9.18 Å². The van der Waals surface area contributed by atoms with E-state index in [-0.39, 0.29) is 40.2 Å². The largest absolute Gasteiger partial charge is 0.369 e. The molecule has 0 saturated carbocycles. The number of aromatic nitrogens is 2. The molecule has 0 aliphatic carbocycles. The van der Waals surface area contributed by atoms with Gasteiger partial charge in [0, 0.05) is 22.9 Å². The van der Waals surface area contributed by atoms with E-state index in [0.29, 0.717) is 0 Å². The van der Waals surface area contributed by atoms with E-state index in [1.807, 2.05) is 0 Å². The molecule has 21 heavy (non-hydrogen) atoms. The molecule has 1 aromatic heterocycles. The third-order valence-electron chi connectivity index (χ3n) is 3.32. The zero-order chi connectivity index (χ0) is 15.1. The summed E-state index contributed by atoms with van der Waals surface area (Å²) in [6.45, 7) is 0. The molecule has 0 saturated heterocycles. The van der Waals surface area contributed by atoms with Crippen LogP contribution in [0.15, 0.2) is 23.0 Å². The smallest absolute Gasteiger partial charge is 0.258 e. The molecular formula is C13H10ClFN4O2. The summed E-state index contributed by atoms with van der Waals surface area (Å²) in [5, 5.41) is 2.61. The molecule has 0 spiro atoms. The third kappa shape index (κ3) is 2.25. The number of nitrogens with two attached hydrogens (primary N) is 1. The van der Waals surface area contributed by atoms with Crippen molar-refractivity contribution in [3.8, 4) is 0 Å². The van der Waals surface area contributed by atoms with Gasteiger partial charge in [-0.05, 0) is 12.1 Å². The lowest BCUT2D eigenvalue weighted by atomic mass is 9.86. The Bertz CT molecular complexity index is 785. The lowest BCUT2D eigenvalue weighted by molar-refractivity contribution is -0.116. The lowest BCUT2D eigenvalue weighted by Crippen LogP contribution is -2.32. The highest BCUT2D eigenvalue weighted by molar-refractivity contribution is 6.31. The summed E-state index contributed by atoms with van der Waals surface area (Å²) >= 11 is 6.03. The van der Waals surface area contributed by atoms with Crippen molar-refractivity contribution in [1.82, 2.24) is 9.97 Å². The number of amides is 1. The molecular weight excluding hydrogens is 299 g/mol. The van der Waals surface area contributed by atoms with Crippen LogP contribution in [-0.2, 0) is 4.79 Å². The van der Waals surface area contributed by atoms with Crippen LogP contribution in [-0.4, -0.2) is 15.9 Å². The Morgan fingerprint density at radius 3 is 2.81 bits per heavy atom. The van der Waals surface area contributed by atoms with Gasteiger partial charge in [-0.25, -0.2) is 4.39 Å². The number of halogens is 2. The van der Waals surface area contributed by atoms with E-state index < -0.39 is 17.3 Å². The van der Waals surface area contributed by atoms with Crippen molar-refractivity contribution in [3.63, 3.8) is 0 Å². The number of nitrogen functional groups attached to an aromatic ring is 1. The van der Waals surface area contributed by atoms with Gasteiger partial charge in [-0.2, -0.15) is 4.98 Å². The zero-order valence-corrected chi connectivity index (χ0v) is 11.4. The number of fused-ring (bicyclic) bond motifs is 1. The Hall–Kier alpha value is -2.41. The topological polar surface area (TPSA) is 101 Å². The first-order valence-corrected chi connectivity index (χ1v) is 6.48.